The number of rotatable bonds is 9. The molecule has 6 heteroatoms. The molecule has 0 aliphatic carbocycles. The fourth-order valence-electron chi connectivity index (χ4n) is 3.59. The minimum atomic E-state index is -0.427. The number of hydrogen-bond acceptors (Lipinski definition) is 4. The maximum atomic E-state index is 12.7. The van der Waals surface area contributed by atoms with Gasteiger partial charge in [-0.25, -0.2) is 5.01 Å². The molecule has 4 rings (SSSR count). The topological polar surface area (TPSA) is 67.9 Å². The van der Waals surface area contributed by atoms with Gasteiger partial charge in [-0.05, 0) is 65.9 Å². The number of carbonyl (C=O) groups excluding carboxylic acids is 2. The Balaban J connectivity index is 1.29. The average molecular weight is 457 g/mol. The van der Waals surface area contributed by atoms with Crippen LogP contribution < -0.4 is 19.9 Å². The first-order valence-corrected chi connectivity index (χ1v) is 11.4. The number of carbonyl (C=O) groups is 2. The Hall–Kier alpha value is -4.06. The summed E-state index contributed by atoms with van der Waals surface area (Å²) in [6, 6.07) is 24.4. The zero-order valence-electron chi connectivity index (χ0n) is 19.4. The Kier molecular flexibility index (Phi) is 7.28. The van der Waals surface area contributed by atoms with Gasteiger partial charge in [-0.3, -0.25) is 15.0 Å². The molecule has 0 aromatic heterocycles. The lowest BCUT2D eigenvalue weighted by Crippen LogP contribution is -2.35. The number of amides is 2. The number of ether oxygens (including phenoxy) is 2. The Morgan fingerprint density at radius 2 is 1.44 bits per heavy atom. The number of nitrogens with zero attached hydrogens (tertiary/aromatic N) is 1. The van der Waals surface area contributed by atoms with E-state index in [1.807, 2.05) is 42.5 Å². The second-order valence-corrected chi connectivity index (χ2v) is 8.12. The Bertz CT molecular complexity index is 1160. The second kappa shape index (κ2) is 10.7. The van der Waals surface area contributed by atoms with E-state index in [-0.39, 0.29) is 11.5 Å². The first-order chi connectivity index (χ1) is 16.5. The number of benzene rings is 3. The highest BCUT2D eigenvalue weighted by Crippen LogP contribution is 2.23. The van der Waals surface area contributed by atoms with Crippen LogP contribution in [0.25, 0.3) is 6.08 Å². The lowest BCUT2D eigenvalue weighted by Gasteiger charge is -2.13. The zero-order chi connectivity index (χ0) is 23.9. The molecule has 2 amide bonds. The van der Waals surface area contributed by atoms with Gasteiger partial charge in [0.05, 0.1) is 5.69 Å². The normalized spacial score (nSPS) is 15.4. The molecule has 1 heterocycles. The third-order valence-corrected chi connectivity index (χ3v) is 5.78. The van der Waals surface area contributed by atoms with E-state index in [4.69, 9.17) is 9.47 Å². The van der Waals surface area contributed by atoms with Gasteiger partial charge in [0.25, 0.3) is 11.8 Å². The molecule has 3 aromatic carbocycles. The summed E-state index contributed by atoms with van der Waals surface area (Å²) in [6.45, 7) is 5.23. The number of nitrogens with one attached hydrogen (secondary N) is 1. The predicted octanol–water partition coefficient (Wildman–Crippen LogP) is 5.12. The molecule has 0 unspecified atom stereocenters. The number of hydrogen-bond donors (Lipinski definition) is 1. The summed E-state index contributed by atoms with van der Waals surface area (Å²) in [5, 5.41) is 1.25. The van der Waals surface area contributed by atoms with E-state index in [0.29, 0.717) is 30.6 Å². The van der Waals surface area contributed by atoms with Crippen LogP contribution in [0.1, 0.15) is 37.3 Å². The van der Waals surface area contributed by atoms with Crippen molar-refractivity contribution in [1.82, 2.24) is 5.43 Å². The van der Waals surface area contributed by atoms with Gasteiger partial charge >= 0.3 is 0 Å². The van der Waals surface area contributed by atoms with E-state index in [1.54, 1.807) is 30.3 Å². The zero-order valence-corrected chi connectivity index (χ0v) is 19.4. The highest BCUT2D eigenvalue weighted by molar-refractivity contribution is 6.31. The van der Waals surface area contributed by atoms with Crippen LogP contribution in [0.3, 0.4) is 0 Å². The van der Waals surface area contributed by atoms with Gasteiger partial charge in [0.1, 0.15) is 30.3 Å². The smallest absolute Gasteiger partial charge is 0.282 e. The SMILES string of the molecule is CC[C@H](C)c1ccc(OCCOc2ccc(/C=C3/C(=O)NN(c4ccccc4)C3=O)cc2)cc1. The fraction of sp³-hybridized carbons (Fsp3) is 0.214. The van der Waals surface area contributed by atoms with E-state index >= 15 is 0 Å². The molecule has 1 saturated heterocycles. The van der Waals surface area contributed by atoms with Crippen molar-refractivity contribution in [2.75, 3.05) is 18.2 Å². The van der Waals surface area contributed by atoms with E-state index in [9.17, 15) is 9.59 Å². The minimum Gasteiger partial charge on any atom is -0.490 e. The monoisotopic (exact) mass is 456 g/mol. The lowest BCUT2D eigenvalue weighted by atomic mass is 9.99. The standard InChI is InChI=1S/C28H28N2O4/c1-3-20(2)22-11-15-25(16-12-22)34-18-17-33-24-13-9-21(10-14-24)19-26-27(31)29-30(28(26)32)23-7-5-4-6-8-23/h4-16,19-20H,3,17-18H2,1-2H3,(H,29,31)/b26-19-/t20-/m0/s1. The molecule has 1 aliphatic rings. The third kappa shape index (κ3) is 5.46. The van der Waals surface area contributed by atoms with Crippen molar-refractivity contribution in [1.29, 1.82) is 0 Å². The van der Waals surface area contributed by atoms with Crippen molar-refractivity contribution in [3.05, 3.63) is 95.6 Å². The van der Waals surface area contributed by atoms with Gasteiger partial charge in [0.15, 0.2) is 0 Å². The van der Waals surface area contributed by atoms with Gasteiger partial charge in [-0.2, -0.15) is 0 Å². The van der Waals surface area contributed by atoms with Gasteiger partial charge in [0.2, 0.25) is 0 Å². The van der Waals surface area contributed by atoms with Crippen molar-refractivity contribution in [2.45, 2.75) is 26.2 Å². The molecule has 0 bridgehead atoms. The summed E-state index contributed by atoms with van der Waals surface area (Å²) in [6.07, 6.45) is 2.69. The van der Waals surface area contributed by atoms with Crippen molar-refractivity contribution < 1.29 is 19.1 Å². The largest absolute Gasteiger partial charge is 0.490 e. The first kappa shape index (κ1) is 23.1. The lowest BCUT2D eigenvalue weighted by molar-refractivity contribution is -0.117. The van der Waals surface area contributed by atoms with Crippen LogP contribution in [0, 0.1) is 0 Å². The first-order valence-electron chi connectivity index (χ1n) is 11.4. The van der Waals surface area contributed by atoms with E-state index in [2.05, 4.69) is 31.4 Å². The van der Waals surface area contributed by atoms with Gasteiger partial charge in [-0.1, -0.05) is 56.3 Å². The molecule has 0 radical (unpaired) electrons. The molecule has 34 heavy (non-hydrogen) atoms. The summed E-state index contributed by atoms with van der Waals surface area (Å²) in [5.41, 5.74) is 5.35. The molecular formula is C28H28N2O4. The molecule has 3 aromatic rings. The fourth-order valence-corrected chi connectivity index (χ4v) is 3.59. The molecule has 1 fully saturated rings. The van der Waals surface area contributed by atoms with Crippen LogP contribution in [0.4, 0.5) is 5.69 Å². The molecular weight excluding hydrogens is 428 g/mol. The minimum absolute atomic E-state index is 0.0882. The van der Waals surface area contributed by atoms with Gasteiger partial charge in [0, 0.05) is 0 Å². The van der Waals surface area contributed by atoms with E-state index in [1.165, 1.54) is 10.6 Å². The molecule has 1 N–H and O–H groups in total. The van der Waals surface area contributed by atoms with Crippen LogP contribution in [0.15, 0.2) is 84.4 Å². The Morgan fingerprint density at radius 3 is 2.03 bits per heavy atom. The number of anilines is 1. The highest BCUT2D eigenvalue weighted by atomic mass is 16.5. The molecule has 1 aliphatic heterocycles. The van der Waals surface area contributed by atoms with E-state index < -0.39 is 5.91 Å². The highest BCUT2D eigenvalue weighted by Gasteiger charge is 2.34. The van der Waals surface area contributed by atoms with Crippen LogP contribution >= 0.6 is 0 Å². The summed E-state index contributed by atoms with van der Waals surface area (Å²) in [7, 11) is 0. The third-order valence-electron chi connectivity index (χ3n) is 5.78. The molecule has 0 saturated carbocycles. The Morgan fingerprint density at radius 1 is 0.853 bits per heavy atom. The average Bonchev–Trinajstić information content (AvgIpc) is 3.16. The van der Waals surface area contributed by atoms with Crippen molar-refractivity contribution in [2.24, 2.45) is 0 Å². The van der Waals surface area contributed by atoms with Gasteiger partial charge in [-0.15, -0.1) is 0 Å². The molecule has 0 spiro atoms. The van der Waals surface area contributed by atoms with Crippen LogP contribution in [-0.4, -0.2) is 25.0 Å². The summed E-state index contributed by atoms with van der Waals surface area (Å²) < 4.78 is 11.5. The predicted molar refractivity (Wildman–Crippen MR) is 133 cm³/mol. The second-order valence-electron chi connectivity index (χ2n) is 8.12. The molecule has 174 valence electrons. The van der Waals surface area contributed by atoms with Crippen LogP contribution in [0.2, 0.25) is 0 Å². The maximum absolute atomic E-state index is 12.7. The molecule has 6 nitrogen and oxygen atoms in total. The van der Waals surface area contributed by atoms with Gasteiger partial charge < -0.3 is 9.47 Å². The number of para-hydroxylation sites is 1. The molecule has 1 atom stereocenters. The quantitative estimate of drug-likeness (QED) is 0.276. The summed E-state index contributed by atoms with van der Waals surface area (Å²) in [5.74, 6) is 1.24. The number of hydrazine groups is 1. The van der Waals surface area contributed by atoms with Crippen molar-refractivity contribution in [3.8, 4) is 11.5 Å². The van der Waals surface area contributed by atoms with Crippen LogP contribution in [-0.2, 0) is 9.59 Å². The maximum Gasteiger partial charge on any atom is 0.282 e. The van der Waals surface area contributed by atoms with Crippen LogP contribution in [0.5, 0.6) is 11.5 Å². The Labute approximate surface area is 199 Å². The van der Waals surface area contributed by atoms with Crippen molar-refractivity contribution in [3.63, 3.8) is 0 Å². The summed E-state index contributed by atoms with van der Waals surface area (Å²) >= 11 is 0. The van der Waals surface area contributed by atoms with E-state index in [0.717, 1.165) is 17.7 Å². The summed E-state index contributed by atoms with van der Waals surface area (Å²) in [4.78, 5) is 25.0. The van der Waals surface area contributed by atoms with Crippen molar-refractivity contribution >= 4 is 23.6 Å².